The minimum Gasteiger partial charge on any atom is -0.369 e. The number of carbonyl (C=O) groups excluding carboxylic acids is 2. The molecule has 2 aliphatic rings. The molecule has 2 aromatic carbocycles. The van der Waals surface area contributed by atoms with Crippen molar-refractivity contribution in [3.05, 3.63) is 58.6 Å². The van der Waals surface area contributed by atoms with E-state index in [4.69, 9.17) is 17.3 Å². The third-order valence-electron chi connectivity index (χ3n) is 6.83. The molecule has 0 radical (unpaired) electrons. The lowest BCUT2D eigenvalue weighted by Gasteiger charge is -2.23. The van der Waals surface area contributed by atoms with Crippen LogP contribution in [0.15, 0.2) is 47.5 Å². The third-order valence-corrected chi connectivity index (χ3v) is 7.07. The molecule has 4 N–H and O–H groups in total. The first-order valence-corrected chi connectivity index (χ1v) is 12.2. The quantitative estimate of drug-likeness (QED) is 0.576. The highest BCUT2D eigenvalue weighted by molar-refractivity contribution is 6.30. The van der Waals surface area contributed by atoms with Gasteiger partial charge < -0.3 is 16.4 Å². The molecule has 7 nitrogen and oxygen atoms in total. The molecule has 1 saturated carbocycles. The Labute approximate surface area is 205 Å². The van der Waals surface area contributed by atoms with Crippen molar-refractivity contribution in [3.63, 3.8) is 0 Å². The van der Waals surface area contributed by atoms with E-state index in [0.29, 0.717) is 18.0 Å². The fraction of sp³-hybridized carbons (Fsp3) is 0.423. The van der Waals surface area contributed by atoms with Crippen LogP contribution in [0.3, 0.4) is 0 Å². The van der Waals surface area contributed by atoms with Gasteiger partial charge in [0.25, 0.3) is 5.91 Å². The number of hydrogen-bond donors (Lipinski definition) is 3. The summed E-state index contributed by atoms with van der Waals surface area (Å²) in [5.41, 5.74) is 8.56. The number of hydrogen-bond acceptors (Lipinski definition) is 4. The van der Waals surface area contributed by atoms with E-state index in [9.17, 15) is 9.59 Å². The van der Waals surface area contributed by atoms with E-state index >= 15 is 0 Å². The van der Waals surface area contributed by atoms with E-state index in [1.807, 2.05) is 42.5 Å². The van der Waals surface area contributed by atoms with Crippen molar-refractivity contribution in [1.82, 2.24) is 15.5 Å². The normalized spacial score (nSPS) is 20.9. The summed E-state index contributed by atoms with van der Waals surface area (Å²) >= 11 is 6.34. The minimum atomic E-state index is -1.06. The highest BCUT2D eigenvalue weighted by Gasteiger charge is 2.43. The van der Waals surface area contributed by atoms with Gasteiger partial charge in [-0.3, -0.25) is 9.69 Å². The van der Waals surface area contributed by atoms with Gasteiger partial charge in [-0.15, -0.1) is 0 Å². The maximum atomic E-state index is 12.8. The summed E-state index contributed by atoms with van der Waals surface area (Å²) in [5.74, 6) is 0.0422. The fourth-order valence-corrected chi connectivity index (χ4v) is 4.96. The molecule has 8 heteroatoms. The highest BCUT2D eigenvalue weighted by Crippen LogP contribution is 2.35. The van der Waals surface area contributed by atoms with Gasteiger partial charge in [0.1, 0.15) is 0 Å². The van der Waals surface area contributed by atoms with E-state index in [2.05, 4.69) is 15.6 Å². The Kier molecular flexibility index (Phi) is 7.12. The molecule has 1 heterocycles. The van der Waals surface area contributed by atoms with Crippen molar-refractivity contribution < 1.29 is 9.59 Å². The molecule has 1 atom stereocenters. The molecule has 4 rings (SSSR count). The smallest absolute Gasteiger partial charge is 0.315 e. The van der Waals surface area contributed by atoms with Crippen LogP contribution in [0.5, 0.6) is 0 Å². The molecule has 1 unspecified atom stereocenters. The van der Waals surface area contributed by atoms with E-state index in [1.165, 1.54) is 24.2 Å². The standard InChI is InChI=1S/C26H32ClN5O2/c1-26(23(33)32(2)24(28)31-26)19-8-6-7-18(15-19)22-16-20(27)12-11-17(22)13-14-29-25(34)30-21-9-4-3-5-10-21/h6-8,11-12,15-16,21H,3-5,9-10,13-14H2,1-2H3,(H2,28,31)(H2,29,30,34). The Balaban J connectivity index is 1.50. The molecule has 0 bridgehead atoms. The zero-order chi connectivity index (χ0) is 24.3. The van der Waals surface area contributed by atoms with Gasteiger partial charge >= 0.3 is 6.03 Å². The van der Waals surface area contributed by atoms with Crippen molar-refractivity contribution in [2.75, 3.05) is 13.6 Å². The molecule has 0 saturated heterocycles. The summed E-state index contributed by atoms with van der Waals surface area (Å²) in [6, 6.07) is 13.7. The van der Waals surface area contributed by atoms with Gasteiger partial charge in [-0.2, -0.15) is 0 Å². The number of amides is 3. The van der Waals surface area contributed by atoms with E-state index < -0.39 is 5.54 Å². The lowest BCUT2D eigenvalue weighted by Crippen LogP contribution is -2.43. The zero-order valence-corrected chi connectivity index (χ0v) is 20.5. The number of nitrogens with two attached hydrogens (primary N) is 1. The molecule has 0 spiro atoms. The molecular formula is C26H32ClN5O2. The first-order valence-electron chi connectivity index (χ1n) is 11.8. The van der Waals surface area contributed by atoms with Crippen LogP contribution >= 0.6 is 11.6 Å². The topological polar surface area (TPSA) is 99.8 Å². The number of rotatable bonds is 6. The summed E-state index contributed by atoms with van der Waals surface area (Å²) in [6.45, 7) is 2.28. The third kappa shape index (κ3) is 5.04. The van der Waals surface area contributed by atoms with Crippen LogP contribution in [-0.2, 0) is 16.8 Å². The zero-order valence-electron chi connectivity index (χ0n) is 19.7. The van der Waals surface area contributed by atoms with Gasteiger partial charge in [0.05, 0.1) is 0 Å². The second kappa shape index (κ2) is 10.1. The second-order valence-electron chi connectivity index (χ2n) is 9.27. The summed E-state index contributed by atoms with van der Waals surface area (Å²) in [4.78, 5) is 30.9. The number of likely N-dealkylation sites (N-methyl/N-ethyl adjacent to an activating group) is 1. The summed E-state index contributed by atoms with van der Waals surface area (Å²) in [7, 11) is 1.63. The Morgan fingerprint density at radius 1 is 1.21 bits per heavy atom. The number of carbonyl (C=O) groups is 2. The number of benzene rings is 2. The minimum absolute atomic E-state index is 0.114. The van der Waals surface area contributed by atoms with Crippen LogP contribution in [0.1, 0.15) is 50.2 Å². The fourth-order valence-electron chi connectivity index (χ4n) is 4.79. The Hall–Kier alpha value is -3.06. The Morgan fingerprint density at radius 3 is 2.68 bits per heavy atom. The maximum Gasteiger partial charge on any atom is 0.315 e. The second-order valence-corrected chi connectivity index (χ2v) is 9.71. The average molecular weight is 482 g/mol. The lowest BCUT2D eigenvalue weighted by atomic mass is 9.88. The number of nitrogens with one attached hydrogen (secondary N) is 2. The van der Waals surface area contributed by atoms with Crippen molar-refractivity contribution in [2.45, 2.75) is 57.0 Å². The average Bonchev–Trinajstić information content (AvgIpc) is 3.04. The van der Waals surface area contributed by atoms with Crippen molar-refractivity contribution in [3.8, 4) is 11.1 Å². The van der Waals surface area contributed by atoms with Gasteiger partial charge in [0, 0.05) is 24.7 Å². The Morgan fingerprint density at radius 2 is 1.97 bits per heavy atom. The SMILES string of the molecule is CN1C(=O)C(C)(c2cccc(-c3cc(Cl)ccc3CCNC(=O)NC3CCCCC3)c2)N=C1N. The predicted octanol–water partition coefficient (Wildman–Crippen LogP) is 4.18. The summed E-state index contributed by atoms with van der Waals surface area (Å²) in [5, 5.41) is 6.69. The number of nitrogens with zero attached hydrogens (tertiary/aromatic N) is 2. The van der Waals surface area contributed by atoms with Crippen molar-refractivity contribution in [1.29, 1.82) is 0 Å². The Bertz CT molecular complexity index is 1110. The van der Waals surface area contributed by atoms with Crippen molar-refractivity contribution >= 4 is 29.5 Å². The lowest BCUT2D eigenvalue weighted by molar-refractivity contribution is -0.130. The maximum absolute atomic E-state index is 12.8. The van der Waals surface area contributed by atoms with Crippen LogP contribution in [0.2, 0.25) is 5.02 Å². The number of aliphatic imine (C=N–C) groups is 1. The summed E-state index contributed by atoms with van der Waals surface area (Å²) in [6.07, 6.45) is 6.37. The number of urea groups is 1. The van der Waals surface area contributed by atoms with E-state index in [1.54, 1.807) is 14.0 Å². The van der Waals surface area contributed by atoms with E-state index in [0.717, 1.165) is 35.1 Å². The largest absolute Gasteiger partial charge is 0.369 e. The van der Waals surface area contributed by atoms with Crippen LogP contribution in [-0.4, -0.2) is 42.4 Å². The van der Waals surface area contributed by atoms with E-state index in [-0.39, 0.29) is 23.9 Å². The van der Waals surface area contributed by atoms with Crippen LogP contribution in [0.25, 0.3) is 11.1 Å². The van der Waals surface area contributed by atoms with Crippen LogP contribution < -0.4 is 16.4 Å². The molecule has 1 aliphatic carbocycles. The monoisotopic (exact) mass is 481 g/mol. The number of guanidine groups is 1. The van der Waals surface area contributed by atoms with Crippen LogP contribution in [0.4, 0.5) is 4.79 Å². The van der Waals surface area contributed by atoms with Gasteiger partial charge in [-0.05, 0) is 66.6 Å². The predicted molar refractivity (Wildman–Crippen MR) is 136 cm³/mol. The highest BCUT2D eigenvalue weighted by atomic mass is 35.5. The van der Waals surface area contributed by atoms with Gasteiger partial charge in [0.15, 0.2) is 11.5 Å². The van der Waals surface area contributed by atoms with Gasteiger partial charge in [-0.1, -0.05) is 55.1 Å². The molecule has 3 amide bonds. The van der Waals surface area contributed by atoms with Gasteiger partial charge in [0.2, 0.25) is 0 Å². The molecule has 2 aromatic rings. The first kappa shape index (κ1) is 24.1. The molecule has 0 aromatic heterocycles. The molecular weight excluding hydrogens is 450 g/mol. The molecule has 1 aliphatic heterocycles. The summed E-state index contributed by atoms with van der Waals surface area (Å²) < 4.78 is 0. The van der Waals surface area contributed by atoms with Crippen LogP contribution in [0, 0.1) is 0 Å². The molecule has 34 heavy (non-hydrogen) atoms. The molecule has 180 valence electrons. The molecule has 1 fully saturated rings. The number of halogens is 1. The first-order chi connectivity index (χ1) is 16.3. The van der Waals surface area contributed by atoms with Crippen molar-refractivity contribution in [2.24, 2.45) is 10.7 Å². The van der Waals surface area contributed by atoms with Gasteiger partial charge in [-0.25, -0.2) is 9.79 Å².